The van der Waals surface area contributed by atoms with Gasteiger partial charge in [0.1, 0.15) is 11.9 Å². The van der Waals surface area contributed by atoms with Crippen LogP contribution in [0.25, 0.3) is 0 Å². The summed E-state index contributed by atoms with van der Waals surface area (Å²) < 4.78 is 25.8. The van der Waals surface area contributed by atoms with Crippen molar-refractivity contribution in [3.05, 3.63) is 45.4 Å². The van der Waals surface area contributed by atoms with Gasteiger partial charge in [-0.25, -0.2) is 9.18 Å². The maximum Gasteiger partial charge on any atom is 0.414 e. The van der Waals surface area contributed by atoms with Gasteiger partial charge in [-0.1, -0.05) is 11.6 Å². The lowest BCUT2D eigenvalue weighted by atomic mass is 10.2. The number of rotatable bonds is 5. The van der Waals surface area contributed by atoms with Gasteiger partial charge in [-0.3, -0.25) is 9.69 Å². The second-order valence-electron chi connectivity index (χ2n) is 6.67. The van der Waals surface area contributed by atoms with Gasteiger partial charge in [-0.05, 0) is 30.3 Å². The third kappa shape index (κ3) is 4.47. The minimum atomic E-state index is -0.568. The summed E-state index contributed by atoms with van der Waals surface area (Å²) in [6.45, 7) is 2.75. The van der Waals surface area contributed by atoms with E-state index < -0.39 is 18.0 Å². The molecule has 0 spiro atoms. The highest BCUT2D eigenvalue weighted by Gasteiger charge is 2.33. The van der Waals surface area contributed by atoms with E-state index in [1.54, 1.807) is 24.3 Å². The van der Waals surface area contributed by atoms with Gasteiger partial charge in [0.05, 0.1) is 46.9 Å². The lowest BCUT2D eigenvalue weighted by Gasteiger charge is -2.29. The molecule has 2 aliphatic rings. The highest BCUT2D eigenvalue weighted by molar-refractivity contribution is 7.17. The molecule has 0 saturated carbocycles. The number of carbonyl (C=O) groups is 2. The Balaban J connectivity index is 1.37. The highest BCUT2D eigenvalue weighted by atomic mass is 35.5. The summed E-state index contributed by atoms with van der Waals surface area (Å²) in [6, 6.07) is 7.98. The van der Waals surface area contributed by atoms with Crippen molar-refractivity contribution in [3.8, 4) is 0 Å². The molecule has 1 atom stereocenters. The van der Waals surface area contributed by atoms with Gasteiger partial charge < -0.3 is 19.7 Å². The summed E-state index contributed by atoms with van der Waals surface area (Å²) in [5, 5.41) is 2.73. The summed E-state index contributed by atoms with van der Waals surface area (Å²) >= 11 is 7.01. The molecule has 1 N–H and O–H groups in total. The number of amides is 2. The number of benzene rings is 1. The largest absolute Gasteiger partial charge is 0.442 e. The second kappa shape index (κ2) is 8.56. The van der Waals surface area contributed by atoms with E-state index in [1.165, 1.54) is 22.3 Å². The number of ether oxygens (including phenoxy) is 2. The monoisotopic (exact) mass is 439 g/mol. The SMILES string of the molecule is O=C(NCC1CN(c2ccc(N3CCOCC3)c(F)c2)C(=O)O1)c1ccc(Cl)s1. The van der Waals surface area contributed by atoms with E-state index in [1.807, 2.05) is 4.90 Å². The fraction of sp³-hybridized carbons (Fsp3) is 0.368. The Kier molecular flexibility index (Phi) is 5.89. The lowest BCUT2D eigenvalue weighted by Crippen LogP contribution is -2.37. The third-order valence-corrected chi connectivity index (χ3v) is 5.99. The molecule has 1 aromatic carbocycles. The number of hydrogen-bond donors (Lipinski definition) is 1. The lowest BCUT2D eigenvalue weighted by molar-refractivity contribution is 0.0920. The molecule has 2 saturated heterocycles. The van der Waals surface area contributed by atoms with E-state index in [-0.39, 0.29) is 19.0 Å². The predicted octanol–water partition coefficient (Wildman–Crippen LogP) is 3.13. The predicted molar refractivity (Wildman–Crippen MR) is 109 cm³/mol. The van der Waals surface area contributed by atoms with Crippen molar-refractivity contribution in [2.45, 2.75) is 6.10 Å². The normalized spacial score (nSPS) is 19.4. The molecule has 2 amide bonds. The van der Waals surface area contributed by atoms with Gasteiger partial charge in [0.25, 0.3) is 5.91 Å². The summed E-state index contributed by atoms with van der Waals surface area (Å²) in [5.74, 6) is -0.680. The molecule has 2 aromatic rings. The molecule has 1 unspecified atom stereocenters. The van der Waals surface area contributed by atoms with Gasteiger partial charge in [-0.15, -0.1) is 11.3 Å². The summed E-state index contributed by atoms with van der Waals surface area (Å²) in [6.07, 6.45) is -1.09. The highest BCUT2D eigenvalue weighted by Crippen LogP contribution is 2.28. The Morgan fingerprint density at radius 1 is 1.28 bits per heavy atom. The summed E-state index contributed by atoms with van der Waals surface area (Å²) in [5.41, 5.74) is 0.909. The van der Waals surface area contributed by atoms with E-state index in [0.29, 0.717) is 46.9 Å². The van der Waals surface area contributed by atoms with Gasteiger partial charge in [0.2, 0.25) is 0 Å². The molecule has 2 aliphatic heterocycles. The minimum absolute atomic E-state index is 0.158. The van der Waals surface area contributed by atoms with Gasteiger partial charge in [0.15, 0.2) is 0 Å². The van der Waals surface area contributed by atoms with Crippen LogP contribution in [0.3, 0.4) is 0 Å². The molecule has 0 aliphatic carbocycles. The molecule has 3 heterocycles. The van der Waals surface area contributed by atoms with Gasteiger partial charge in [0, 0.05) is 13.1 Å². The zero-order valence-corrected chi connectivity index (χ0v) is 17.0. The molecule has 1 aromatic heterocycles. The van der Waals surface area contributed by atoms with Crippen LogP contribution in [0.2, 0.25) is 4.34 Å². The third-order valence-electron chi connectivity index (χ3n) is 4.76. The van der Waals surface area contributed by atoms with Crippen molar-refractivity contribution in [2.24, 2.45) is 0 Å². The van der Waals surface area contributed by atoms with E-state index in [2.05, 4.69) is 5.32 Å². The Bertz CT molecular complexity index is 919. The van der Waals surface area contributed by atoms with Crippen molar-refractivity contribution >= 4 is 46.3 Å². The van der Waals surface area contributed by atoms with Crippen LogP contribution in [0.4, 0.5) is 20.6 Å². The molecule has 4 rings (SSSR count). The average Bonchev–Trinajstić information content (AvgIpc) is 3.32. The van der Waals surface area contributed by atoms with Crippen molar-refractivity contribution in [2.75, 3.05) is 49.2 Å². The molecule has 10 heteroatoms. The number of morpholine rings is 1. The number of anilines is 2. The van der Waals surface area contributed by atoms with Crippen molar-refractivity contribution < 1.29 is 23.5 Å². The smallest absolute Gasteiger partial charge is 0.414 e. The Labute approximate surface area is 175 Å². The Morgan fingerprint density at radius 3 is 2.76 bits per heavy atom. The fourth-order valence-electron chi connectivity index (χ4n) is 3.29. The van der Waals surface area contributed by atoms with Crippen LogP contribution in [0.15, 0.2) is 30.3 Å². The molecule has 154 valence electrons. The number of thiophene rings is 1. The first-order valence-corrected chi connectivity index (χ1v) is 10.3. The molecular weight excluding hydrogens is 421 g/mol. The zero-order valence-electron chi connectivity index (χ0n) is 15.4. The quantitative estimate of drug-likeness (QED) is 0.775. The van der Waals surface area contributed by atoms with Crippen LogP contribution in [0.5, 0.6) is 0 Å². The number of cyclic esters (lactones) is 1. The molecule has 7 nitrogen and oxygen atoms in total. The number of halogens is 2. The van der Waals surface area contributed by atoms with Crippen LogP contribution in [0, 0.1) is 5.82 Å². The van der Waals surface area contributed by atoms with Gasteiger partial charge in [-0.2, -0.15) is 0 Å². The van der Waals surface area contributed by atoms with Crippen molar-refractivity contribution in [1.82, 2.24) is 5.32 Å². The second-order valence-corrected chi connectivity index (χ2v) is 8.38. The van der Waals surface area contributed by atoms with E-state index >= 15 is 0 Å². The zero-order chi connectivity index (χ0) is 20.4. The maximum absolute atomic E-state index is 14.6. The van der Waals surface area contributed by atoms with E-state index in [0.717, 1.165) is 0 Å². The van der Waals surface area contributed by atoms with Crippen molar-refractivity contribution in [1.29, 1.82) is 0 Å². The van der Waals surface area contributed by atoms with Crippen LogP contribution < -0.4 is 15.1 Å². The number of carbonyl (C=O) groups excluding carboxylic acids is 2. The molecule has 2 fully saturated rings. The van der Waals surface area contributed by atoms with E-state index in [9.17, 15) is 14.0 Å². The van der Waals surface area contributed by atoms with Crippen LogP contribution in [0.1, 0.15) is 9.67 Å². The summed E-state index contributed by atoms with van der Waals surface area (Å²) in [4.78, 5) is 28.1. The minimum Gasteiger partial charge on any atom is -0.442 e. The number of nitrogens with one attached hydrogen (secondary N) is 1. The van der Waals surface area contributed by atoms with E-state index in [4.69, 9.17) is 21.1 Å². The average molecular weight is 440 g/mol. The van der Waals surface area contributed by atoms with Gasteiger partial charge >= 0.3 is 6.09 Å². The van der Waals surface area contributed by atoms with Crippen LogP contribution >= 0.6 is 22.9 Å². The summed E-state index contributed by atoms with van der Waals surface area (Å²) in [7, 11) is 0. The standard InChI is InChI=1S/C19H19ClFN3O4S/c20-17-4-3-16(29-17)18(25)22-10-13-11-24(19(26)28-13)12-1-2-15(14(21)9-12)23-5-7-27-8-6-23/h1-4,9,13H,5-8,10-11H2,(H,22,25). The topological polar surface area (TPSA) is 71.1 Å². The first-order chi connectivity index (χ1) is 14.0. The van der Waals surface area contributed by atoms with Crippen LogP contribution in [-0.2, 0) is 9.47 Å². The van der Waals surface area contributed by atoms with Crippen LogP contribution in [-0.4, -0.2) is 57.5 Å². The first kappa shape index (κ1) is 19.9. The Hall–Kier alpha value is -2.36. The fourth-order valence-corrected chi connectivity index (χ4v) is 4.25. The number of nitrogens with zero attached hydrogens (tertiary/aromatic N) is 2. The molecule has 0 radical (unpaired) electrons. The molecular formula is C19H19ClFN3O4S. The van der Waals surface area contributed by atoms with Crippen molar-refractivity contribution in [3.63, 3.8) is 0 Å². The Morgan fingerprint density at radius 2 is 2.07 bits per heavy atom. The number of hydrogen-bond acceptors (Lipinski definition) is 6. The maximum atomic E-state index is 14.6. The molecule has 29 heavy (non-hydrogen) atoms. The molecule has 0 bridgehead atoms. The first-order valence-electron chi connectivity index (χ1n) is 9.15.